The van der Waals surface area contributed by atoms with Gasteiger partial charge in [-0.1, -0.05) is 24.3 Å². The minimum absolute atomic E-state index is 0.0654. The second-order valence-electron chi connectivity index (χ2n) is 5.51. The number of halogens is 1. The molecule has 0 saturated heterocycles. The number of nitro benzene ring substituents is 1. The van der Waals surface area contributed by atoms with Crippen LogP contribution in [0.1, 0.15) is 17.5 Å². The van der Waals surface area contributed by atoms with E-state index < -0.39 is 29.2 Å². The molecule has 136 valence electrons. The van der Waals surface area contributed by atoms with Crippen LogP contribution in [0.4, 0.5) is 15.8 Å². The zero-order chi connectivity index (χ0) is 19.1. The molecule has 1 amide bonds. The predicted octanol–water partition coefficient (Wildman–Crippen LogP) is 3.16. The fraction of sp³-hybridized carbons (Fsp3) is 0.222. The number of esters is 1. The molecule has 0 unspecified atom stereocenters. The van der Waals surface area contributed by atoms with Gasteiger partial charge in [-0.25, -0.2) is 4.39 Å². The monoisotopic (exact) mass is 360 g/mol. The van der Waals surface area contributed by atoms with E-state index >= 15 is 0 Å². The maximum absolute atomic E-state index is 13.5. The SMILES string of the molecule is Cc1c(NC(=O)COC(=O)CCc2ccccc2F)cccc1[N+](=O)[O-]. The molecule has 7 nitrogen and oxygen atoms in total. The number of hydrogen-bond acceptors (Lipinski definition) is 5. The van der Waals surface area contributed by atoms with Crippen molar-refractivity contribution in [1.29, 1.82) is 0 Å². The standard InChI is InChI=1S/C18H17FN2O5/c1-12-15(7-4-8-16(12)21(24)25)20-17(22)11-26-18(23)10-9-13-5-2-3-6-14(13)19/h2-8H,9-11H2,1H3,(H,20,22). The Kier molecular flexibility index (Phi) is 6.37. The topological polar surface area (TPSA) is 98.5 Å². The van der Waals surface area contributed by atoms with Gasteiger partial charge in [0.2, 0.25) is 0 Å². The third kappa shape index (κ3) is 5.10. The molecule has 0 saturated carbocycles. The number of carbonyl (C=O) groups excluding carboxylic acids is 2. The van der Waals surface area contributed by atoms with Crippen LogP contribution in [0.2, 0.25) is 0 Å². The molecule has 2 aromatic carbocycles. The van der Waals surface area contributed by atoms with Crippen molar-refractivity contribution in [1.82, 2.24) is 0 Å². The van der Waals surface area contributed by atoms with E-state index in [4.69, 9.17) is 4.74 Å². The van der Waals surface area contributed by atoms with E-state index in [-0.39, 0.29) is 24.2 Å². The number of benzene rings is 2. The van der Waals surface area contributed by atoms with Gasteiger partial charge in [0, 0.05) is 12.5 Å². The molecule has 0 heterocycles. The Labute approximate surface area is 148 Å². The number of hydrogen-bond donors (Lipinski definition) is 1. The number of rotatable bonds is 7. The fourth-order valence-corrected chi connectivity index (χ4v) is 2.30. The molecule has 0 radical (unpaired) electrons. The average molecular weight is 360 g/mol. The number of anilines is 1. The molecular weight excluding hydrogens is 343 g/mol. The first-order valence-electron chi connectivity index (χ1n) is 7.81. The van der Waals surface area contributed by atoms with Gasteiger partial charge in [-0.05, 0) is 31.0 Å². The van der Waals surface area contributed by atoms with Gasteiger partial charge in [-0.2, -0.15) is 0 Å². The average Bonchev–Trinajstić information content (AvgIpc) is 2.61. The van der Waals surface area contributed by atoms with Crippen molar-refractivity contribution in [2.24, 2.45) is 0 Å². The molecule has 2 rings (SSSR count). The Balaban J connectivity index is 1.83. The minimum Gasteiger partial charge on any atom is -0.456 e. The Hall–Kier alpha value is -3.29. The number of carbonyl (C=O) groups is 2. The van der Waals surface area contributed by atoms with E-state index in [1.807, 2.05) is 0 Å². The number of aryl methyl sites for hydroxylation is 1. The van der Waals surface area contributed by atoms with Gasteiger partial charge in [0.1, 0.15) is 5.82 Å². The summed E-state index contributed by atoms with van der Waals surface area (Å²) in [5, 5.41) is 13.3. The van der Waals surface area contributed by atoms with Crippen molar-refractivity contribution in [3.05, 3.63) is 69.5 Å². The molecule has 0 spiro atoms. The van der Waals surface area contributed by atoms with Crippen LogP contribution in [-0.2, 0) is 20.7 Å². The highest BCUT2D eigenvalue weighted by atomic mass is 19.1. The lowest BCUT2D eigenvalue weighted by molar-refractivity contribution is -0.385. The van der Waals surface area contributed by atoms with Crippen molar-refractivity contribution in [3.8, 4) is 0 Å². The van der Waals surface area contributed by atoms with E-state index in [0.717, 1.165) is 0 Å². The summed E-state index contributed by atoms with van der Waals surface area (Å²) in [6.07, 6.45) is 0.0984. The summed E-state index contributed by atoms with van der Waals surface area (Å²) in [6, 6.07) is 10.4. The van der Waals surface area contributed by atoms with E-state index in [2.05, 4.69) is 5.32 Å². The van der Waals surface area contributed by atoms with Crippen molar-refractivity contribution in [3.63, 3.8) is 0 Å². The van der Waals surface area contributed by atoms with E-state index in [0.29, 0.717) is 11.1 Å². The summed E-state index contributed by atoms with van der Waals surface area (Å²) in [5.74, 6) is -1.66. The molecule has 2 aromatic rings. The Morgan fingerprint density at radius 2 is 1.92 bits per heavy atom. The fourth-order valence-electron chi connectivity index (χ4n) is 2.30. The largest absolute Gasteiger partial charge is 0.456 e. The minimum atomic E-state index is -0.640. The first-order chi connectivity index (χ1) is 12.4. The van der Waals surface area contributed by atoms with E-state index in [1.54, 1.807) is 18.2 Å². The number of ether oxygens (including phenoxy) is 1. The van der Waals surface area contributed by atoms with Gasteiger partial charge < -0.3 is 10.1 Å². The smallest absolute Gasteiger partial charge is 0.306 e. The number of nitrogens with zero attached hydrogens (tertiary/aromatic N) is 1. The van der Waals surface area contributed by atoms with Crippen LogP contribution in [0.15, 0.2) is 42.5 Å². The third-order valence-corrected chi connectivity index (χ3v) is 3.70. The normalized spacial score (nSPS) is 10.2. The van der Waals surface area contributed by atoms with Crippen LogP contribution < -0.4 is 5.32 Å². The van der Waals surface area contributed by atoms with Gasteiger partial charge in [0.15, 0.2) is 6.61 Å². The molecule has 0 atom stereocenters. The molecular formula is C18H17FN2O5. The summed E-state index contributed by atoms with van der Waals surface area (Å²) < 4.78 is 18.3. The van der Waals surface area contributed by atoms with Gasteiger partial charge in [-0.15, -0.1) is 0 Å². The predicted molar refractivity (Wildman–Crippen MR) is 92.1 cm³/mol. The molecule has 0 bridgehead atoms. The van der Waals surface area contributed by atoms with E-state index in [1.165, 1.54) is 31.2 Å². The molecule has 8 heteroatoms. The third-order valence-electron chi connectivity index (χ3n) is 3.70. The summed E-state index contributed by atoms with van der Waals surface area (Å²) in [4.78, 5) is 33.9. The highest BCUT2D eigenvalue weighted by Crippen LogP contribution is 2.24. The lowest BCUT2D eigenvalue weighted by atomic mass is 10.1. The molecule has 0 fully saturated rings. The zero-order valence-electron chi connectivity index (χ0n) is 14.0. The lowest BCUT2D eigenvalue weighted by Gasteiger charge is -2.09. The first kappa shape index (κ1) is 19.0. The number of nitro groups is 1. The van der Waals surface area contributed by atoms with Gasteiger partial charge in [0.25, 0.3) is 11.6 Å². The summed E-state index contributed by atoms with van der Waals surface area (Å²) >= 11 is 0. The highest BCUT2D eigenvalue weighted by Gasteiger charge is 2.15. The molecule has 0 aliphatic heterocycles. The maximum Gasteiger partial charge on any atom is 0.306 e. The van der Waals surface area contributed by atoms with Crippen molar-refractivity contribution >= 4 is 23.3 Å². The van der Waals surface area contributed by atoms with E-state index in [9.17, 15) is 24.1 Å². The highest BCUT2D eigenvalue weighted by molar-refractivity contribution is 5.94. The Morgan fingerprint density at radius 3 is 2.62 bits per heavy atom. The van der Waals surface area contributed by atoms with Crippen molar-refractivity contribution in [2.45, 2.75) is 19.8 Å². The van der Waals surface area contributed by atoms with Crippen molar-refractivity contribution < 1.29 is 23.6 Å². The molecule has 0 aromatic heterocycles. The van der Waals surface area contributed by atoms with Gasteiger partial charge in [-0.3, -0.25) is 19.7 Å². The second kappa shape index (κ2) is 8.70. The quantitative estimate of drug-likeness (QED) is 0.465. The van der Waals surface area contributed by atoms with Gasteiger partial charge in [0.05, 0.1) is 16.2 Å². The van der Waals surface area contributed by atoms with Crippen LogP contribution in [0.25, 0.3) is 0 Å². The van der Waals surface area contributed by atoms with Crippen LogP contribution in [-0.4, -0.2) is 23.4 Å². The summed E-state index contributed by atoms with van der Waals surface area (Å²) in [5.41, 5.74) is 0.842. The van der Waals surface area contributed by atoms with Crippen molar-refractivity contribution in [2.75, 3.05) is 11.9 Å². The van der Waals surface area contributed by atoms with Crippen LogP contribution in [0.5, 0.6) is 0 Å². The number of amides is 1. The summed E-state index contributed by atoms with van der Waals surface area (Å²) in [6.45, 7) is 0.979. The Morgan fingerprint density at radius 1 is 1.19 bits per heavy atom. The second-order valence-corrected chi connectivity index (χ2v) is 5.51. The number of nitrogens with one attached hydrogen (secondary N) is 1. The van der Waals surface area contributed by atoms with Gasteiger partial charge >= 0.3 is 5.97 Å². The lowest BCUT2D eigenvalue weighted by Crippen LogP contribution is -2.21. The zero-order valence-corrected chi connectivity index (χ0v) is 14.0. The first-order valence-corrected chi connectivity index (χ1v) is 7.81. The maximum atomic E-state index is 13.5. The van der Waals surface area contributed by atoms with Crippen LogP contribution >= 0.6 is 0 Å². The Bertz CT molecular complexity index is 838. The molecule has 0 aliphatic carbocycles. The van der Waals surface area contributed by atoms with Crippen LogP contribution in [0.3, 0.4) is 0 Å². The summed E-state index contributed by atoms with van der Waals surface area (Å²) in [7, 11) is 0. The van der Waals surface area contributed by atoms with Crippen LogP contribution in [0, 0.1) is 22.9 Å². The molecule has 0 aliphatic rings. The molecule has 1 N–H and O–H groups in total. The molecule has 26 heavy (non-hydrogen) atoms.